The molecule has 0 aromatic carbocycles. The Balaban J connectivity index is 2.42. The quantitative estimate of drug-likeness (QED) is 0.526. The van der Waals surface area contributed by atoms with Crippen LogP contribution < -0.4 is 0 Å². The maximum Gasteiger partial charge on any atom is 0.306 e. The Morgan fingerprint density at radius 1 is 1.46 bits per heavy atom. The van der Waals surface area contributed by atoms with Gasteiger partial charge in [-0.2, -0.15) is 0 Å². The highest BCUT2D eigenvalue weighted by Gasteiger charge is 2.58. The van der Waals surface area contributed by atoms with E-state index in [0.29, 0.717) is 0 Å². The molecule has 0 aromatic rings. The second-order valence-corrected chi connectivity index (χ2v) is 6.87. The van der Waals surface area contributed by atoms with Gasteiger partial charge in [-0.1, -0.05) is 0 Å². The molecule has 0 bridgehead atoms. The second kappa shape index (κ2) is 2.26. The van der Waals surface area contributed by atoms with Crippen molar-refractivity contribution >= 4 is 15.8 Å². The van der Waals surface area contributed by atoms with E-state index in [0.717, 1.165) is 0 Å². The van der Waals surface area contributed by atoms with E-state index in [1.165, 1.54) is 0 Å². The Morgan fingerprint density at radius 3 is 2.62 bits per heavy atom. The van der Waals surface area contributed by atoms with E-state index in [9.17, 15) is 13.2 Å². The van der Waals surface area contributed by atoms with Crippen molar-refractivity contribution in [3.63, 3.8) is 0 Å². The molecule has 2 rings (SSSR count). The minimum Gasteiger partial charge on any atom is -0.460 e. The van der Waals surface area contributed by atoms with Crippen LogP contribution in [0.1, 0.15) is 20.3 Å². The number of carbonyl (C=O) groups is 1. The first-order valence-electron chi connectivity index (χ1n) is 4.26. The third-order valence-electron chi connectivity index (χ3n) is 3.04. The molecule has 74 valence electrons. The maximum absolute atomic E-state index is 11.6. The minimum atomic E-state index is -3.08. The molecule has 0 radical (unpaired) electrons. The van der Waals surface area contributed by atoms with Gasteiger partial charge in [-0.3, -0.25) is 4.79 Å². The molecule has 2 heterocycles. The molecule has 5 heteroatoms. The van der Waals surface area contributed by atoms with Crippen molar-refractivity contribution < 1.29 is 17.9 Å². The van der Waals surface area contributed by atoms with Crippen LogP contribution in [0.25, 0.3) is 0 Å². The van der Waals surface area contributed by atoms with Crippen LogP contribution in [0.3, 0.4) is 0 Å². The van der Waals surface area contributed by atoms with E-state index in [2.05, 4.69) is 0 Å². The van der Waals surface area contributed by atoms with Crippen molar-refractivity contribution in [2.45, 2.75) is 31.1 Å². The summed E-state index contributed by atoms with van der Waals surface area (Å²) in [6.07, 6.45) is -0.169. The molecule has 0 spiro atoms. The van der Waals surface area contributed by atoms with Crippen molar-refractivity contribution in [1.82, 2.24) is 0 Å². The normalized spacial score (nSPS) is 40.0. The summed E-state index contributed by atoms with van der Waals surface area (Å²) in [6, 6.07) is 0. The van der Waals surface area contributed by atoms with Gasteiger partial charge in [0.1, 0.15) is 10.9 Å². The van der Waals surface area contributed by atoms with Gasteiger partial charge in [0.05, 0.1) is 12.2 Å². The van der Waals surface area contributed by atoms with Crippen molar-refractivity contribution in [3.8, 4) is 0 Å². The van der Waals surface area contributed by atoms with E-state index in [1.807, 2.05) is 0 Å². The topological polar surface area (TPSA) is 60.4 Å². The monoisotopic (exact) mass is 204 g/mol. The zero-order valence-electron chi connectivity index (χ0n) is 7.61. The number of esters is 1. The van der Waals surface area contributed by atoms with E-state index < -0.39 is 20.7 Å². The summed E-state index contributed by atoms with van der Waals surface area (Å²) in [5.74, 6) is -0.290. The number of fused-ring (bicyclic) bond motifs is 1. The van der Waals surface area contributed by atoms with Crippen LogP contribution in [-0.2, 0) is 19.4 Å². The van der Waals surface area contributed by atoms with Crippen LogP contribution in [-0.4, -0.2) is 31.0 Å². The Hall–Kier alpha value is -0.580. The van der Waals surface area contributed by atoms with Crippen LogP contribution in [0.5, 0.6) is 0 Å². The first-order valence-corrected chi connectivity index (χ1v) is 5.91. The molecule has 2 atom stereocenters. The van der Waals surface area contributed by atoms with Gasteiger partial charge >= 0.3 is 5.97 Å². The fourth-order valence-electron chi connectivity index (χ4n) is 2.14. The lowest BCUT2D eigenvalue weighted by Crippen LogP contribution is -2.38. The van der Waals surface area contributed by atoms with Gasteiger partial charge in [-0.05, 0) is 13.8 Å². The Bertz CT molecular complexity index is 354. The summed E-state index contributed by atoms with van der Waals surface area (Å²) >= 11 is 0. The number of carbonyl (C=O) groups excluding carboxylic acids is 1. The van der Waals surface area contributed by atoms with Gasteiger partial charge < -0.3 is 4.74 Å². The SMILES string of the molecule is CC1(C)[C@@H]2OC(=O)C[C@@H]2CS1(=O)=O. The third kappa shape index (κ3) is 1.03. The van der Waals surface area contributed by atoms with Crippen molar-refractivity contribution in [2.24, 2.45) is 5.92 Å². The van der Waals surface area contributed by atoms with Crippen LogP contribution in [0, 0.1) is 5.92 Å². The molecule has 0 N–H and O–H groups in total. The van der Waals surface area contributed by atoms with Gasteiger partial charge in [0.15, 0.2) is 9.84 Å². The van der Waals surface area contributed by atoms with E-state index >= 15 is 0 Å². The fraction of sp³-hybridized carbons (Fsp3) is 0.875. The lowest BCUT2D eigenvalue weighted by atomic mass is 9.95. The number of hydrogen-bond donors (Lipinski definition) is 0. The zero-order valence-corrected chi connectivity index (χ0v) is 8.43. The molecule has 4 nitrogen and oxygen atoms in total. The average Bonchev–Trinajstić information content (AvgIpc) is 2.35. The summed E-state index contributed by atoms with van der Waals surface area (Å²) in [5.41, 5.74) is 0. The first kappa shape index (κ1) is 8.99. The Kier molecular flexibility index (Phi) is 1.56. The highest BCUT2D eigenvalue weighted by molar-refractivity contribution is 7.93. The highest BCUT2D eigenvalue weighted by Crippen LogP contribution is 2.43. The molecular formula is C8H12O4S. The average molecular weight is 204 g/mol. The zero-order chi connectivity index (χ0) is 9.85. The summed E-state index contributed by atoms with van der Waals surface area (Å²) < 4.78 is 27.3. The third-order valence-corrected chi connectivity index (χ3v) is 5.74. The fourth-order valence-corrected chi connectivity index (χ4v) is 4.02. The summed E-state index contributed by atoms with van der Waals surface area (Å²) in [6.45, 7) is 3.26. The maximum atomic E-state index is 11.6. The molecule has 13 heavy (non-hydrogen) atoms. The molecule has 0 aliphatic carbocycles. The molecule has 0 unspecified atom stereocenters. The molecular weight excluding hydrogens is 192 g/mol. The molecule has 2 aliphatic heterocycles. The minimum absolute atomic E-state index is 0.0937. The molecule has 2 aliphatic rings. The van der Waals surface area contributed by atoms with Crippen LogP contribution >= 0.6 is 0 Å². The van der Waals surface area contributed by atoms with Crippen molar-refractivity contribution in [2.75, 3.05) is 5.75 Å². The number of rotatable bonds is 0. The summed E-state index contributed by atoms with van der Waals surface area (Å²) in [7, 11) is -3.08. The first-order chi connectivity index (χ1) is 5.84. The van der Waals surface area contributed by atoms with Crippen molar-refractivity contribution in [1.29, 1.82) is 0 Å². The largest absolute Gasteiger partial charge is 0.460 e. The number of sulfone groups is 1. The number of ether oxygens (including phenoxy) is 1. The predicted molar refractivity (Wildman–Crippen MR) is 45.9 cm³/mol. The molecule has 0 saturated carbocycles. The van der Waals surface area contributed by atoms with Gasteiger partial charge in [0, 0.05) is 5.92 Å². The number of hydrogen-bond acceptors (Lipinski definition) is 4. The van der Waals surface area contributed by atoms with E-state index in [1.54, 1.807) is 13.8 Å². The molecule has 2 fully saturated rings. The van der Waals surface area contributed by atoms with Gasteiger partial charge in [0.2, 0.25) is 0 Å². The second-order valence-electron chi connectivity index (χ2n) is 4.26. The Morgan fingerprint density at radius 2 is 2.08 bits per heavy atom. The van der Waals surface area contributed by atoms with Gasteiger partial charge in [-0.25, -0.2) is 8.42 Å². The lowest BCUT2D eigenvalue weighted by molar-refractivity contribution is -0.142. The van der Waals surface area contributed by atoms with Gasteiger partial charge in [-0.15, -0.1) is 0 Å². The Labute approximate surface area is 77.2 Å². The van der Waals surface area contributed by atoms with Gasteiger partial charge in [0.25, 0.3) is 0 Å². The molecule has 2 saturated heterocycles. The van der Waals surface area contributed by atoms with E-state index in [-0.39, 0.29) is 24.1 Å². The van der Waals surface area contributed by atoms with Crippen LogP contribution in [0.2, 0.25) is 0 Å². The summed E-state index contributed by atoms with van der Waals surface area (Å²) in [4.78, 5) is 10.9. The van der Waals surface area contributed by atoms with Crippen LogP contribution in [0.4, 0.5) is 0 Å². The lowest BCUT2D eigenvalue weighted by Gasteiger charge is -2.23. The molecule has 0 aromatic heterocycles. The highest BCUT2D eigenvalue weighted by atomic mass is 32.2. The standard InChI is InChI=1S/C8H12O4S/c1-8(2)7-5(3-6(9)12-7)4-13(8,10)11/h5,7H,3-4H2,1-2H3/t5-,7-/m1/s1. The predicted octanol–water partition coefficient (Wildman–Crippen LogP) is 0.125. The summed E-state index contributed by atoms with van der Waals surface area (Å²) in [5, 5.41) is 0. The molecule has 0 amide bonds. The van der Waals surface area contributed by atoms with Crippen molar-refractivity contribution in [3.05, 3.63) is 0 Å². The van der Waals surface area contributed by atoms with E-state index in [4.69, 9.17) is 4.74 Å². The smallest absolute Gasteiger partial charge is 0.306 e. The van der Waals surface area contributed by atoms with Crippen LogP contribution in [0.15, 0.2) is 0 Å².